The number of hydrogen-bond donors (Lipinski definition) is 1. The maximum absolute atomic E-state index is 10.6. The van der Waals surface area contributed by atoms with Crippen molar-refractivity contribution >= 4 is 15.0 Å². The largest absolute Gasteiger partial charge is 0.333 e. The van der Waals surface area contributed by atoms with Crippen molar-refractivity contribution in [2.45, 2.75) is 71.1 Å². The second kappa shape index (κ2) is 11.3. The van der Waals surface area contributed by atoms with Crippen molar-refractivity contribution < 1.29 is 14.0 Å². The summed E-state index contributed by atoms with van der Waals surface area (Å²) in [6.07, 6.45) is 12.3. The van der Waals surface area contributed by atoms with Crippen molar-refractivity contribution in [1.82, 2.24) is 0 Å². The van der Waals surface area contributed by atoms with E-state index in [1.54, 1.807) is 0 Å². The van der Waals surface area contributed by atoms with Crippen molar-refractivity contribution in [1.29, 1.82) is 0 Å². The van der Waals surface area contributed by atoms with Gasteiger partial charge in [-0.3, -0.25) is 4.57 Å². The molecule has 0 aliphatic carbocycles. The molecule has 0 saturated heterocycles. The second-order valence-electron chi connectivity index (χ2n) is 4.58. The molecule has 1 unspecified atom stereocenters. The molecule has 0 spiro atoms. The zero-order valence-electron chi connectivity index (χ0n) is 11.1. The third-order valence-electron chi connectivity index (χ3n) is 2.77. The van der Waals surface area contributed by atoms with E-state index >= 15 is 0 Å². The fourth-order valence-corrected chi connectivity index (χ4v) is 2.18. The zero-order chi connectivity index (χ0) is 13.0. The Kier molecular flexibility index (Phi) is 11.5. The van der Waals surface area contributed by atoms with E-state index in [1.165, 1.54) is 51.4 Å². The van der Waals surface area contributed by atoms with Gasteiger partial charge in [-0.25, -0.2) is 0 Å². The van der Waals surface area contributed by atoms with Crippen LogP contribution in [-0.4, -0.2) is 19.1 Å². The molecule has 0 amide bonds. The molecule has 5 heteroatoms. The molecule has 1 atom stereocenters. The Labute approximate surface area is 107 Å². The first-order chi connectivity index (χ1) is 8.06. The second-order valence-corrected chi connectivity index (χ2v) is 5.97. The van der Waals surface area contributed by atoms with Gasteiger partial charge in [-0.2, -0.15) is 0 Å². The van der Waals surface area contributed by atoms with Gasteiger partial charge in [0.15, 0.2) is 0 Å². The van der Waals surface area contributed by atoms with Crippen LogP contribution in [0.15, 0.2) is 0 Å². The highest BCUT2D eigenvalue weighted by atomic mass is 31.2. The lowest BCUT2D eigenvalue weighted by Gasteiger charge is -2.07. The normalized spacial score (nSPS) is 14.7. The smallest absolute Gasteiger partial charge is 0.261 e. The molecule has 0 aromatic carbocycles. The Balaban J connectivity index is 3.01. The lowest BCUT2D eigenvalue weighted by Crippen LogP contribution is -1.92. The van der Waals surface area contributed by atoms with Gasteiger partial charge in [0, 0.05) is 0 Å². The van der Waals surface area contributed by atoms with Gasteiger partial charge in [-0.05, 0) is 6.42 Å². The predicted octanol–water partition coefficient (Wildman–Crippen LogP) is 4.19. The molecular weight excluding hydrogens is 234 g/mol. The van der Waals surface area contributed by atoms with Crippen LogP contribution in [0.5, 0.6) is 0 Å². The summed E-state index contributed by atoms with van der Waals surface area (Å²) in [5, 5.41) is 0. The predicted molar refractivity (Wildman–Crippen MR) is 73.4 cm³/mol. The zero-order valence-corrected chi connectivity index (χ0v) is 12.0. The average molecular weight is 260 g/mol. The van der Waals surface area contributed by atoms with E-state index in [2.05, 4.69) is 11.4 Å². The quantitative estimate of drug-likeness (QED) is 0.325. The van der Waals surface area contributed by atoms with Crippen LogP contribution in [0.1, 0.15) is 71.1 Å². The summed E-state index contributed by atoms with van der Waals surface area (Å²) < 4.78 is 15.2. The Hall–Kier alpha value is 0.215. The minimum absolute atomic E-state index is 0.292. The summed E-state index contributed by atoms with van der Waals surface area (Å²) in [7, 11) is 1.10. The van der Waals surface area contributed by atoms with E-state index < -0.39 is 7.47 Å². The van der Waals surface area contributed by atoms with Gasteiger partial charge < -0.3 is 9.42 Å². The van der Waals surface area contributed by atoms with Crippen LogP contribution in [0.2, 0.25) is 0 Å². The van der Waals surface area contributed by atoms with Gasteiger partial charge in [0.2, 0.25) is 7.57 Å². The third-order valence-corrected chi connectivity index (χ3v) is 3.33. The highest BCUT2D eigenvalue weighted by Crippen LogP contribution is 2.35. The molecule has 2 radical (unpaired) electrons. The summed E-state index contributed by atoms with van der Waals surface area (Å²) in [5.41, 5.74) is 0. The average Bonchev–Trinajstić information content (AvgIpc) is 2.24. The monoisotopic (exact) mass is 260 g/mol. The van der Waals surface area contributed by atoms with E-state index in [-0.39, 0.29) is 0 Å². The standard InChI is InChI=1S/C12H26BO3P/c1-2-3-4-5-6-7-8-9-10-11-12-16-17(13,14)15/h2-12H2,1H3,(H,14,15). The third kappa shape index (κ3) is 16.2. The van der Waals surface area contributed by atoms with Gasteiger partial charge >= 0.3 is 0 Å². The van der Waals surface area contributed by atoms with Crippen molar-refractivity contribution in [3.05, 3.63) is 0 Å². The van der Waals surface area contributed by atoms with E-state index in [0.717, 1.165) is 12.8 Å². The Morgan fingerprint density at radius 3 is 1.76 bits per heavy atom. The first-order valence-electron chi connectivity index (χ1n) is 6.82. The molecule has 3 nitrogen and oxygen atoms in total. The van der Waals surface area contributed by atoms with Crippen molar-refractivity contribution in [3.63, 3.8) is 0 Å². The molecule has 1 N–H and O–H groups in total. The van der Waals surface area contributed by atoms with Gasteiger partial charge in [-0.15, -0.1) is 0 Å². The van der Waals surface area contributed by atoms with Gasteiger partial charge in [-0.1, -0.05) is 64.7 Å². The number of rotatable bonds is 12. The van der Waals surface area contributed by atoms with E-state index in [1.807, 2.05) is 0 Å². The van der Waals surface area contributed by atoms with Crippen LogP contribution in [0, 0.1) is 0 Å². The molecule has 0 aliphatic rings. The maximum Gasteiger partial charge on any atom is 0.261 e. The molecule has 0 bridgehead atoms. The first-order valence-corrected chi connectivity index (χ1v) is 8.47. The first kappa shape index (κ1) is 17.2. The van der Waals surface area contributed by atoms with Crippen LogP contribution in [0.3, 0.4) is 0 Å². The van der Waals surface area contributed by atoms with Crippen molar-refractivity contribution in [2.75, 3.05) is 6.61 Å². The van der Waals surface area contributed by atoms with E-state index in [9.17, 15) is 4.57 Å². The topological polar surface area (TPSA) is 46.5 Å². The Morgan fingerprint density at radius 1 is 0.941 bits per heavy atom. The van der Waals surface area contributed by atoms with Crippen LogP contribution in [0.4, 0.5) is 0 Å². The number of hydrogen-bond acceptors (Lipinski definition) is 2. The van der Waals surface area contributed by atoms with E-state index in [0.29, 0.717) is 6.61 Å². The summed E-state index contributed by atoms with van der Waals surface area (Å²) >= 11 is 0. The minimum Gasteiger partial charge on any atom is -0.333 e. The Morgan fingerprint density at radius 2 is 1.35 bits per heavy atom. The van der Waals surface area contributed by atoms with E-state index in [4.69, 9.17) is 12.5 Å². The molecule has 0 fully saturated rings. The molecule has 0 aromatic heterocycles. The van der Waals surface area contributed by atoms with Crippen LogP contribution >= 0.6 is 7.47 Å². The Bertz CT molecular complexity index is 206. The fourth-order valence-electron chi connectivity index (χ4n) is 1.78. The van der Waals surface area contributed by atoms with Crippen LogP contribution < -0.4 is 0 Å². The molecule has 0 aliphatic heterocycles. The highest BCUT2D eigenvalue weighted by Gasteiger charge is 2.07. The van der Waals surface area contributed by atoms with Crippen LogP contribution in [0.25, 0.3) is 0 Å². The van der Waals surface area contributed by atoms with Gasteiger partial charge in [0.05, 0.1) is 6.61 Å². The molecule has 0 aromatic rings. The summed E-state index contributed by atoms with van der Waals surface area (Å²) in [5.74, 6) is 0. The molecular formula is C12H26BO3P. The molecule has 0 heterocycles. The molecule has 17 heavy (non-hydrogen) atoms. The lowest BCUT2D eigenvalue weighted by atomic mass is 10.1. The molecule has 0 saturated carbocycles. The summed E-state index contributed by atoms with van der Waals surface area (Å²) in [6.45, 7) is 2.52. The summed E-state index contributed by atoms with van der Waals surface area (Å²) in [6, 6.07) is 0. The van der Waals surface area contributed by atoms with Gasteiger partial charge in [0.1, 0.15) is 0 Å². The summed E-state index contributed by atoms with van der Waals surface area (Å²) in [4.78, 5) is 8.67. The SMILES string of the molecule is [B]P(=O)(O)OCCCCCCCCCCCC. The van der Waals surface area contributed by atoms with Crippen LogP contribution in [-0.2, 0) is 9.09 Å². The van der Waals surface area contributed by atoms with Crippen molar-refractivity contribution in [2.24, 2.45) is 0 Å². The minimum atomic E-state index is -3.74. The lowest BCUT2D eigenvalue weighted by molar-refractivity contribution is 0.266. The van der Waals surface area contributed by atoms with Crippen molar-refractivity contribution in [3.8, 4) is 0 Å². The maximum atomic E-state index is 10.6. The molecule has 100 valence electrons. The molecule has 0 rings (SSSR count). The van der Waals surface area contributed by atoms with Gasteiger partial charge in [0.25, 0.3) is 7.47 Å². The highest BCUT2D eigenvalue weighted by molar-refractivity contribution is 7.78. The fraction of sp³-hybridized carbons (Fsp3) is 1.00. The number of unbranched alkanes of at least 4 members (excludes halogenated alkanes) is 9.